The fourth-order valence-corrected chi connectivity index (χ4v) is 5.75. The minimum atomic E-state index is -0.224. The van der Waals surface area contributed by atoms with E-state index in [2.05, 4.69) is 17.4 Å². The first kappa shape index (κ1) is 20.7. The van der Waals surface area contributed by atoms with Gasteiger partial charge in [0.2, 0.25) is 0 Å². The molecule has 28 heavy (non-hydrogen) atoms. The summed E-state index contributed by atoms with van der Waals surface area (Å²) in [4.78, 5) is 12.3. The lowest BCUT2D eigenvalue weighted by Crippen LogP contribution is -2.20. The van der Waals surface area contributed by atoms with Crippen LogP contribution in [0, 0.1) is 6.92 Å². The Morgan fingerprint density at radius 1 is 1.07 bits per heavy atom. The molecule has 1 aliphatic heterocycles. The molecule has 1 N–H and O–H groups in total. The second-order valence-corrected chi connectivity index (χ2v) is 9.08. The highest BCUT2D eigenvalue weighted by atomic mass is 32.2. The molecule has 1 fully saturated rings. The van der Waals surface area contributed by atoms with Crippen LogP contribution >= 0.6 is 23.5 Å². The van der Waals surface area contributed by atoms with Crippen LogP contribution in [-0.4, -0.2) is 38.2 Å². The average Bonchev–Trinajstić information content (AvgIpc) is 2.74. The summed E-state index contributed by atoms with van der Waals surface area (Å²) in [5.74, 6) is 4.09. The molecule has 2 aromatic carbocycles. The molecule has 0 saturated carbocycles. The number of thioether (sulfide) groups is 2. The fourth-order valence-electron chi connectivity index (χ4n) is 2.85. The quantitative estimate of drug-likeness (QED) is 0.689. The molecule has 3 rings (SSSR count). The maximum atomic E-state index is 12.3. The predicted molar refractivity (Wildman–Crippen MR) is 117 cm³/mol. The van der Waals surface area contributed by atoms with E-state index < -0.39 is 0 Å². The zero-order chi connectivity index (χ0) is 19.9. The van der Waals surface area contributed by atoms with Crippen molar-refractivity contribution in [3.63, 3.8) is 0 Å². The lowest BCUT2D eigenvalue weighted by Gasteiger charge is -2.21. The molecule has 0 spiro atoms. The number of rotatable bonds is 7. The molecule has 1 saturated heterocycles. The van der Waals surface area contributed by atoms with Crippen LogP contribution in [0.15, 0.2) is 36.4 Å². The molecule has 1 heterocycles. The summed E-state index contributed by atoms with van der Waals surface area (Å²) >= 11 is 3.97. The lowest BCUT2D eigenvalue weighted by molar-refractivity contribution is -0.118. The minimum Gasteiger partial charge on any atom is -0.493 e. The van der Waals surface area contributed by atoms with Crippen molar-refractivity contribution >= 4 is 35.1 Å². The maximum Gasteiger partial charge on any atom is 0.262 e. The van der Waals surface area contributed by atoms with Gasteiger partial charge in [-0.3, -0.25) is 4.79 Å². The van der Waals surface area contributed by atoms with Gasteiger partial charge in [-0.15, -0.1) is 23.5 Å². The van der Waals surface area contributed by atoms with E-state index in [0.29, 0.717) is 27.5 Å². The van der Waals surface area contributed by atoms with Crippen molar-refractivity contribution in [1.82, 2.24) is 0 Å². The van der Waals surface area contributed by atoms with Crippen LogP contribution in [0.5, 0.6) is 17.2 Å². The second-order valence-electron chi connectivity index (χ2n) is 6.36. The second kappa shape index (κ2) is 9.98. The summed E-state index contributed by atoms with van der Waals surface area (Å²) in [5, 5.41) is 2.86. The summed E-state index contributed by atoms with van der Waals surface area (Å²) in [5.41, 5.74) is 2.86. The summed E-state index contributed by atoms with van der Waals surface area (Å²) in [7, 11) is 3.15. The Kier molecular flexibility index (Phi) is 7.39. The SMILES string of the molecule is COc1cc(C)c(NC(=O)COc2ccc(C3SCCCS3)cc2)cc1OC. The van der Waals surface area contributed by atoms with E-state index in [-0.39, 0.29) is 12.5 Å². The van der Waals surface area contributed by atoms with E-state index in [0.717, 1.165) is 5.56 Å². The molecule has 150 valence electrons. The van der Waals surface area contributed by atoms with Gasteiger partial charge in [-0.1, -0.05) is 12.1 Å². The molecule has 2 aromatic rings. The van der Waals surface area contributed by atoms with Gasteiger partial charge in [0, 0.05) is 11.8 Å². The van der Waals surface area contributed by atoms with Gasteiger partial charge in [0.05, 0.1) is 18.8 Å². The zero-order valence-electron chi connectivity index (χ0n) is 16.3. The summed E-state index contributed by atoms with van der Waals surface area (Å²) in [6.07, 6.45) is 1.28. The third-order valence-corrected chi connectivity index (χ3v) is 7.37. The Morgan fingerprint density at radius 3 is 2.36 bits per heavy atom. The van der Waals surface area contributed by atoms with E-state index in [1.165, 1.54) is 23.5 Å². The Bertz CT molecular complexity index is 805. The molecular weight excluding hydrogens is 394 g/mol. The number of anilines is 1. The van der Waals surface area contributed by atoms with E-state index >= 15 is 0 Å². The number of benzene rings is 2. The number of methoxy groups -OCH3 is 2. The van der Waals surface area contributed by atoms with Gasteiger partial charge in [0.1, 0.15) is 5.75 Å². The number of carbonyl (C=O) groups is 1. The van der Waals surface area contributed by atoms with Crippen LogP contribution in [0.1, 0.15) is 22.1 Å². The zero-order valence-corrected chi connectivity index (χ0v) is 18.0. The molecule has 0 atom stereocenters. The Morgan fingerprint density at radius 2 is 1.71 bits per heavy atom. The molecule has 7 heteroatoms. The van der Waals surface area contributed by atoms with Crippen LogP contribution in [0.2, 0.25) is 0 Å². The predicted octanol–water partition coefficient (Wildman–Crippen LogP) is 4.90. The average molecular weight is 420 g/mol. The molecular formula is C21H25NO4S2. The Hall–Kier alpha value is -1.99. The first-order chi connectivity index (χ1) is 13.6. The number of ether oxygens (including phenoxy) is 3. The van der Waals surface area contributed by atoms with E-state index in [1.807, 2.05) is 48.6 Å². The third-order valence-electron chi connectivity index (χ3n) is 4.35. The van der Waals surface area contributed by atoms with Gasteiger partial charge in [-0.05, 0) is 54.2 Å². The van der Waals surface area contributed by atoms with E-state index in [4.69, 9.17) is 14.2 Å². The van der Waals surface area contributed by atoms with Crippen molar-refractivity contribution in [3.8, 4) is 17.2 Å². The largest absolute Gasteiger partial charge is 0.493 e. The van der Waals surface area contributed by atoms with Gasteiger partial charge in [0.15, 0.2) is 18.1 Å². The molecule has 0 radical (unpaired) electrons. The van der Waals surface area contributed by atoms with Gasteiger partial charge in [0.25, 0.3) is 5.91 Å². The maximum absolute atomic E-state index is 12.3. The first-order valence-corrected chi connectivity index (χ1v) is 11.2. The molecule has 0 aromatic heterocycles. The van der Waals surface area contributed by atoms with Crippen molar-refractivity contribution in [1.29, 1.82) is 0 Å². The molecule has 0 aliphatic carbocycles. The van der Waals surface area contributed by atoms with Crippen LogP contribution < -0.4 is 19.5 Å². The van der Waals surface area contributed by atoms with Crippen molar-refractivity contribution in [2.75, 3.05) is 37.6 Å². The minimum absolute atomic E-state index is 0.0555. The van der Waals surface area contributed by atoms with E-state index in [1.54, 1.807) is 20.3 Å². The molecule has 1 amide bonds. The highest BCUT2D eigenvalue weighted by Crippen LogP contribution is 2.43. The smallest absolute Gasteiger partial charge is 0.262 e. The first-order valence-electron chi connectivity index (χ1n) is 9.09. The third kappa shape index (κ3) is 5.29. The van der Waals surface area contributed by atoms with E-state index in [9.17, 15) is 4.79 Å². The number of hydrogen-bond donors (Lipinski definition) is 1. The standard InChI is InChI=1S/C21H25NO4S2/c1-14-11-18(24-2)19(25-3)12-17(14)22-20(23)13-26-16-7-5-15(6-8-16)21-27-9-4-10-28-21/h5-8,11-12,21H,4,9-10,13H2,1-3H3,(H,22,23). The van der Waals surface area contributed by atoms with Gasteiger partial charge in [-0.2, -0.15) is 0 Å². The van der Waals surface area contributed by atoms with Crippen molar-refractivity contribution in [2.24, 2.45) is 0 Å². The summed E-state index contributed by atoms with van der Waals surface area (Å²) in [6.45, 7) is 1.85. The lowest BCUT2D eigenvalue weighted by atomic mass is 10.1. The Labute approximate surface area is 174 Å². The Balaban J connectivity index is 1.55. The topological polar surface area (TPSA) is 56.8 Å². The summed E-state index contributed by atoms with van der Waals surface area (Å²) < 4.78 is 16.7. The monoisotopic (exact) mass is 419 g/mol. The number of aryl methyl sites for hydroxylation is 1. The highest BCUT2D eigenvalue weighted by molar-refractivity contribution is 8.16. The summed E-state index contributed by atoms with van der Waals surface area (Å²) in [6, 6.07) is 11.6. The van der Waals surface area contributed by atoms with Crippen molar-refractivity contribution in [3.05, 3.63) is 47.5 Å². The van der Waals surface area contributed by atoms with Gasteiger partial charge >= 0.3 is 0 Å². The molecule has 0 bridgehead atoms. The van der Waals surface area contributed by atoms with Crippen LogP contribution in [-0.2, 0) is 4.79 Å². The molecule has 0 unspecified atom stereocenters. The van der Waals surface area contributed by atoms with Gasteiger partial charge in [-0.25, -0.2) is 0 Å². The number of amides is 1. The van der Waals surface area contributed by atoms with Crippen molar-refractivity contribution < 1.29 is 19.0 Å². The van der Waals surface area contributed by atoms with Crippen molar-refractivity contribution in [2.45, 2.75) is 17.9 Å². The highest BCUT2D eigenvalue weighted by Gasteiger charge is 2.16. The van der Waals surface area contributed by atoms with Crippen LogP contribution in [0.3, 0.4) is 0 Å². The molecule has 5 nitrogen and oxygen atoms in total. The van der Waals surface area contributed by atoms with Crippen LogP contribution in [0.25, 0.3) is 0 Å². The van der Waals surface area contributed by atoms with Crippen LogP contribution in [0.4, 0.5) is 5.69 Å². The fraction of sp³-hybridized carbons (Fsp3) is 0.381. The number of hydrogen-bond acceptors (Lipinski definition) is 6. The number of carbonyl (C=O) groups excluding carboxylic acids is 1. The normalized spacial score (nSPS) is 14.4. The number of nitrogens with one attached hydrogen (secondary N) is 1. The van der Waals surface area contributed by atoms with Gasteiger partial charge < -0.3 is 19.5 Å². The molecule has 1 aliphatic rings.